The van der Waals surface area contributed by atoms with E-state index in [2.05, 4.69) is 21.1 Å². The van der Waals surface area contributed by atoms with E-state index in [0.29, 0.717) is 22.0 Å². The van der Waals surface area contributed by atoms with Crippen LogP contribution in [0.2, 0.25) is 0 Å². The number of ether oxygens (including phenoxy) is 1. The number of thioether (sulfide) groups is 1. The summed E-state index contributed by atoms with van der Waals surface area (Å²) in [6.45, 7) is 1.98. The lowest BCUT2D eigenvalue weighted by atomic mass is 10.1. The number of nitrogens with zero attached hydrogens (tertiary/aromatic N) is 2. The molecular weight excluding hydrogens is 427 g/mol. The van der Waals surface area contributed by atoms with Crippen LogP contribution in [0.15, 0.2) is 65.7 Å². The lowest BCUT2D eigenvalue weighted by Crippen LogP contribution is -2.17. The molecule has 1 N–H and O–H groups in total. The van der Waals surface area contributed by atoms with Crippen LogP contribution in [-0.2, 0) is 4.79 Å². The highest BCUT2D eigenvalue weighted by molar-refractivity contribution is 8.00. The average Bonchev–Trinajstić information content (AvgIpc) is 2.73. The van der Waals surface area contributed by atoms with Crippen molar-refractivity contribution < 1.29 is 22.7 Å². The van der Waals surface area contributed by atoms with Gasteiger partial charge >= 0.3 is 6.36 Å². The van der Waals surface area contributed by atoms with Crippen LogP contribution in [0.4, 0.5) is 18.9 Å². The normalized spacial score (nSPS) is 10.9. The number of anilines is 1. The molecule has 1 heterocycles. The zero-order chi connectivity index (χ0) is 22.4. The van der Waals surface area contributed by atoms with Crippen molar-refractivity contribution in [2.24, 2.45) is 0 Å². The molecule has 0 aliphatic heterocycles. The largest absolute Gasteiger partial charge is 0.573 e. The van der Waals surface area contributed by atoms with Crippen molar-refractivity contribution in [1.82, 2.24) is 4.98 Å². The molecule has 1 amide bonds. The molecule has 0 aliphatic rings. The number of aromatic nitrogens is 1. The summed E-state index contributed by atoms with van der Waals surface area (Å²) in [6.07, 6.45) is -4.78. The molecule has 0 spiro atoms. The van der Waals surface area contributed by atoms with Gasteiger partial charge in [-0.3, -0.25) is 4.79 Å². The highest BCUT2D eigenvalue weighted by Crippen LogP contribution is 2.27. The molecule has 0 saturated carbocycles. The minimum absolute atomic E-state index is 0.0279. The van der Waals surface area contributed by atoms with Gasteiger partial charge in [-0.15, -0.1) is 13.2 Å². The minimum Gasteiger partial charge on any atom is -0.406 e. The van der Waals surface area contributed by atoms with E-state index >= 15 is 0 Å². The van der Waals surface area contributed by atoms with Crippen molar-refractivity contribution in [2.75, 3.05) is 11.1 Å². The van der Waals surface area contributed by atoms with Gasteiger partial charge in [0.1, 0.15) is 16.8 Å². The van der Waals surface area contributed by atoms with Crippen LogP contribution >= 0.6 is 11.8 Å². The van der Waals surface area contributed by atoms with Gasteiger partial charge < -0.3 is 10.1 Å². The van der Waals surface area contributed by atoms with E-state index in [1.54, 1.807) is 12.1 Å². The van der Waals surface area contributed by atoms with Gasteiger partial charge in [0.2, 0.25) is 5.91 Å². The first-order valence-electron chi connectivity index (χ1n) is 9.00. The van der Waals surface area contributed by atoms with Gasteiger partial charge in [0, 0.05) is 11.3 Å². The first-order chi connectivity index (χ1) is 14.7. The molecule has 31 heavy (non-hydrogen) atoms. The SMILES string of the molecule is Cc1ccc(-c2ccc(C#N)c(SCC(=O)Nc3ccc(OC(F)(F)F)cc3)n2)cc1. The maximum Gasteiger partial charge on any atom is 0.573 e. The van der Waals surface area contributed by atoms with Crippen molar-refractivity contribution in [1.29, 1.82) is 5.26 Å². The molecule has 2 aromatic carbocycles. The van der Waals surface area contributed by atoms with Crippen LogP contribution in [0.1, 0.15) is 11.1 Å². The summed E-state index contributed by atoms with van der Waals surface area (Å²) in [4.78, 5) is 16.7. The highest BCUT2D eigenvalue weighted by atomic mass is 32.2. The van der Waals surface area contributed by atoms with E-state index in [1.807, 2.05) is 31.2 Å². The van der Waals surface area contributed by atoms with Gasteiger partial charge in [0.05, 0.1) is 17.0 Å². The van der Waals surface area contributed by atoms with Crippen LogP contribution < -0.4 is 10.1 Å². The van der Waals surface area contributed by atoms with Gasteiger partial charge in [0.15, 0.2) is 0 Å². The number of carbonyl (C=O) groups is 1. The fourth-order valence-electron chi connectivity index (χ4n) is 2.59. The number of aryl methyl sites for hydroxylation is 1. The van der Waals surface area contributed by atoms with E-state index in [1.165, 1.54) is 12.1 Å². The third-order valence-corrected chi connectivity index (χ3v) is 5.03. The zero-order valence-corrected chi connectivity index (χ0v) is 17.1. The van der Waals surface area contributed by atoms with Crippen LogP contribution in [0.25, 0.3) is 11.3 Å². The minimum atomic E-state index is -4.78. The van der Waals surface area contributed by atoms with E-state index in [9.17, 15) is 23.2 Å². The lowest BCUT2D eigenvalue weighted by molar-refractivity contribution is -0.274. The number of hydrogen-bond acceptors (Lipinski definition) is 5. The molecule has 5 nitrogen and oxygen atoms in total. The van der Waals surface area contributed by atoms with Crippen molar-refractivity contribution >= 4 is 23.4 Å². The molecule has 0 atom stereocenters. The maximum absolute atomic E-state index is 12.2. The number of nitriles is 1. The van der Waals surface area contributed by atoms with Crippen LogP contribution in [0, 0.1) is 18.3 Å². The smallest absolute Gasteiger partial charge is 0.406 e. The second-order valence-corrected chi connectivity index (χ2v) is 7.40. The van der Waals surface area contributed by atoms with Crippen LogP contribution in [0.3, 0.4) is 0 Å². The number of nitrogens with one attached hydrogen (secondary N) is 1. The number of carbonyl (C=O) groups excluding carboxylic acids is 1. The molecule has 0 fully saturated rings. The second-order valence-electron chi connectivity index (χ2n) is 6.44. The molecule has 3 rings (SSSR count). The Balaban J connectivity index is 1.65. The molecule has 0 unspecified atom stereocenters. The molecule has 0 saturated heterocycles. The van der Waals surface area contributed by atoms with E-state index in [0.717, 1.165) is 35.0 Å². The predicted molar refractivity (Wildman–Crippen MR) is 112 cm³/mol. The van der Waals surface area contributed by atoms with Crippen molar-refractivity contribution in [2.45, 2.75) is 18.3 Å². The molecule has 158 valence electrons. The summed E-state index contributed by atoms with van der Waals surface area (Å²) < 4.78 is 40.4. The quantitative estimate of drug-likeness (QED) is 0.505. The summed E-state index contributed by atoms with van der Waals surface area (Å²) in [5.74, 6) is -0.795. The zero-order valence-electron chi connectivity index (χ0n) is 16.2. The Kier molecular flexibility index (Phi) is 6.82. The lowest BCUT2D eigenvalue weighted by Gasteiger charge is -2.10. The van der Waals surface area contributed by atoms with Gasteiger partial charge in [-0.05, 0) is 43.3 Å². The summed E-state index contributed by atoms with van der Waals surface area (Å²) in [7, 11) is 0. The Labute approximate surface area is 180 Å². The third kappa shape index (κ3) is 6.49. The average molecular weight is 443 g/mol. The van der Waals surface area contributed by atoms with Gasteiger partial charge in [-0.1, -0.05) is 41.6 Å². The molecule has 3 aromatic rings. The number of benzene rings is 2. The van der Waals surface area contributed by atoms with Gasteiger partial charge in [0.25, 0.3) is 0 Å². The van der Waals surface area contributed by atoms with Gasteiger partial charge in [-0.25, -0.2) is 4.98 Å². The van der Waals surface area contributed by atoms with E-state index in [4.69, 9.17) is 0 Å². The number of amides is 1. The summed E-state index contributed by atoms with van der Waals surface area (Å²) in [6, 6.07) is 18.1. The number of rotatable bonds is 6. The Morgan fingerprint density at radius 2 is 1.77 bits per heavy atom. The fraction of sp³-hybridized carbons (Fsp3) is 0.136. The number of alkyl halides is 3. The number of hydrogen-bond donors (Lipinski definition) is 1. The molecule has 0 aliphatic carbocycles. The molecular formula is C22H16F3N3O2S. The molecule has 1 aromatic heterocycles. The monoisotopic (exact) mass is 443 g/mol. The summed E-state index contributed by atoms with van der Waals surface area (Å²) >= 11 is 1.10. The fourth-order valence-corrected chi connectivity index (χ4v) is 3.36. The second kappa shape index (κ2) is 9.53. The molecule has 0 radical (unpaired) electrons. The van der Waals surface area contributed by atoms with E-state index in [-0.39, 0.29) is 17.4 Å². The first-order valence-corrected chi connectivity index (χ1v) is 9.99. The number of pyridine rings is 1. The summed E-state index contributed by atoms with van der Waals surface area (Å²) in [5, 5.41) is 12.3. The van der Waals surface area contributed by atoms with Crippen molar-refractivity contribution in [3.05, 3.63) is 71.8 Å². The summed E-state index contributed by atoms with van der Waals surface area (Å²) in [5.41, 5.74) is 3.36. The van der Waals surface area contributed by atoms with Crippen LogP contribution in [-0.4, -0.2) is 23.0 Å². The Bertz CT molecular complexity index is 1110. The Morgan fingerprint density at radius 1 is 1.10 bits per heavy atom. The topological polar surface area (TPSA) is 75.0 Å². The first kappa shape index (κ1) is 22.2. The standard InChI is InChI=1S/C22H16F3N3O2S/c1-14-2-4-15(5-3-14)19-11-6-16(12-26)21(28-19)31-13-20(29)27-17-7-9-18(10-8-17)30-22(23,24)25/h2-11H,13H2,1H3,(H,27,29). The number of halogens is 3. The Morgan fingerprint density at radius 3 is 2.39 bits per heavy atom. The molecule has 9 heteroatoms. The maximum atomic E-state index is 12.2. The van der Waals surface area contributed by atoms with Crippen LogP contribution in [0.5, 0.6) is 5.75 Å². The molecule has 0 bridgehead atoms. The third-order valence-electron chi connectivity index (χ3n) is 4.04. The van der Waals surface area contributed by atoms with Crippen molar-refractivity contribution in [3.8, 4) is 23.1 Å². The van der Waals surface area contributed by atoms with Gasteiger partial charge in [-0.2, -0.15) is 5.26 Å². The highest BCUT2D eigenvalue weighted by Gasteiger charge is 2.30. The van der Waals surface area contributed by atoms with Crippen molar-refractivity contribution in [3.63, 3.8) is 0 Å². The Hall–Kier alpha value is -3.51. The van der Waals surface area contributed by atoms with E-state index < -0.39 is 6.36 Å². The predicted octanol–water partition coefficient (Wildman–Crippen LogP) is 5.56.